The molecule has 0 spiro atoms. The molecule has 12 nitrogen and oxygen atoms in total. The van der Waals surface area contributed by atoms with Gasteiger partial charge in [0.1, 0.15) is 0 Å². The summed E-state index contributed by atoms with van der Waals surface area (Å²) in [6.07, 6.45) is 18.3. The van der Waals surface area contributed by atoms with E-state index >= 15 is 0 Å². The van der Waals surface area contributed by atoms with Crippen LogP contribution in [0, 0.1) is 16.0 Å². The van der Waals surface area contributed by atoms with E-state index in [0.29, 0.717) is 25.7 Å². The number of aliphatic carboxylic acids is 1. The van der Waals surface area contributed by atoms with Crippen molar-refractivity contribution in [3.8, 4) is 0 Å². The van der Waals surface area contributed by atoms with E-state index in [4.69, 9.17) is 9.84 Å². The molecule has 1 aromatic rings. The highest BCUT2D eigenvalue weighted by atomic mass is 16.9. The van der Waals surface area contributed by atoms with E-state index in [-0.39, 0.29) is 55.6 Å². The minimum absolute atomic E-state index is 0. The van der Waals surface area contributed by atoms with Crippen molar-refractivity contribution in [2.45, 2.75) is 136 Å². The fraction of sp³-hybridized carbons (Fsp3) is 0.686. The average Bonchev–Trinajstić information content (AvgIpc) is 3.42. The zero-order valence-corrected chi connectivity index (χ0v) is 28.7. The number of carbonyl (C=O) groups excluding carboxylic acids is 2. The largest absolute Gasteiger partial charge is 0.481 e. The number of hydrogen-bond donors (Lipinski definition) is 3. The van der Waals surface area contributed by atoms with Gasteiger partial charge in [-0.05, 0) is 90.0 Å². The van der Waals surface area contributed by atoms with Crippen LogP contribution < -0.4 is 5.32 Å². The lowest BCUT2D eigenvalue weighted by Gasteiger charge is -2.08. The summed E-state index contributed by atoms with van der Waals surface area (Å²) < 4.78 is 4.97. The van der Waals surface area contributed by atoms with Crippen molar-refractivity contribution >= 4 is 17.8 Å². The van der Waals surface area contributed by atoms with Crippen molar-refractivity contribution in [3.05, 3.63) is 58.2 Å². The van der Waals surface area contributed by atoms with Gasteiger partial charge in [-0.25, -0.2) is 0 Å². The van der Waals surface area contributed by atoms with Crippen LogP contribution in [0.2, 0.25) is 0 Å². The Morgan fingerprint density at radius 1 is 1.00 bits per heavy atom. The van der Waals surface area contributed by atoms with Crippen LogP contribution in [0.15, 0.2) is 42.5 Å². The number of benzene rings is 1. The maximum Gasteiger partial charge on any atom is 0.306 e. The molecule has 0 aromatic heterocycles. The van der Waals surface area contributed by atoms with Crippen LogP contribution in [0.25, 0.3) is 0 Å². The molecule has 0 heterocycles. The Labute approximate surface area is 280 Å². The second-order valence-corrected chi connectivity index (χ2v) is 11.8. The minimum Gasteiger partial charge on any atom is -0.481 e. The minimum atomic E-state index is -0.956. The van der Waals surface area contributed by atoms with Gasteiger partial charge >= 0.3 is 11.9 Å². The summed E-state index contributed by atoms with van der Waals surface area (Å²) in [6.45, 7) is 5.87. The summed E-state index contributed by atoms with van der Waals surface area (Å²) in [5.41, 5.74) is 1.46. The molecule has 2 unspecified atom stereocenters. The number of ether oxygens (including phenoxy) is 1. The molecule has 5 N–H and O–H groups in total. The molecule has 12 heteroatoms. The van der Waals surface area contributed by atoms with Crippen molar-refractivity contribution in [1.29, 1.82) is 0 Å². The third-order valence-corrected chi connectivity index (χ3v) is 7.19. The van der Waals surface area contributed by atoms with Crippen molar-refractivity contribution in [1.82, 2.24) is 5.32 Å². The summed E-state index contributed by atoms with van der Waals surface area (Å²) in [6, 6.07) is 10.8. The Bertz CT molecular complexity index is 972. The van der Waals surface area contributed by atoms with Gasteiger partial charge in [-0.15, -0.1) is 10.1 Å². The predicted octanol–water partition coefficient (Wildman–Crippen LogP) is 6.16. The van der Waals surface area contributed by atoms with Gasteiger partial charge in [0, 0.05) is 19.4 Å². The highest BCUT2D eigenvalue weighted by molar-refractivity contribution is 5.76. The number of aliphatic hydroxyl groups excluding tert-OH is 1. The molecule has 47 heavy (non-hydrogen) atoms. The first-order valence-electron chi connectivity index (χ1n) is 16.8. The molecule has 0 saturated heterocycles. The number of carbonyl (C=O) groups is 3. The zero-order valence-electron chi connectivity index (χ0n) is 28.7. The Hall–Kier alpha value is -3.51. The number of hydrogen-bond acceptors (Lipinski definition) is 8. The van der Waals surface area contributed by atoms with E-state index < -0.39 is 11.1 Å². The number of esters is 1. The number of amides is 1. The molecule has 1 aliphatic rings. The van der Waals surface area contributed by atoms with Gasteiger partial charge in [0.25, 0.3) is 5.09 Å². The fourth-order valence-corrected chi connectivity index (χ4v) is 4.85. The van der Waals surface area contributed by atoms with Gasteiger partial charge < -0.3 is 30.6 Å². The Balaban J connectivity index is 0. The number of unbranched alkanes of at least 4 members (excludes halogenated alkanes) is 5. The van der Waals surface area contributed by atoms with Crippen LogP contribution in [-0.4, -0.2) is 64.0 Å². The average molecular weight is 669 g/mol. The first kappa shape index (κ1) is 45.6. The van der Waals surface area contributed by atoms with Crippen LogP contribution in [0.1, 0.15) is 123 Å². The second-order valence-electron chi connectivity index (χ2n) is 11.8. The van der Waals surface area contributed by atoms with Gasteiger partial charge in [-0.2, -0.15) is 0 Å². The smallest absolute Gasteiger partial charge is 0.306 e. The molecule has 1 saturated carbocycles. The normalized spacial score (nSPS) is 15.0. The second kappa shape index (κ2) is 31.1. The lowest BCUT2D eigenvalue weighted by atomic mass is 9.98. The van der Waals surface area contributed by atoms with Crippen molar-refractivity contribution in [3.63, 3.8) is 0 Å². The molecule has 1 aliphatic carbocycles. The Morgan fingerprint density at radius 3 is 2.30 bits per heavy atom. The highest BCUT2D eigenvalue weighted by Gasteiger charge is 2.21. The molecule has 1 amide bonds. The van der Waals surface area contributed by atoms with Crippen molar-refractivity contribution in [2.24, 2.45) is 5.92 Å². The molecule has 0 aliphatic heterocycles. The van der Waals surface area contributed by atoms with E-state index in [9.17, 15) is 29.6 Å². The van der Waals surface area contributed by atoms with E-state index in [1.807, 2.05) is 26.8 Å². The molecular formula is C35H60N2O10. The van der Waals surface area contributed by atoms with E-state index in [1.165, 1.54) is 44.1 Å². The van der Waals surface area contributed by atoms with E-state index in [1.54, 1.807) is 0 Å². The fourth-order valence-electron chi connectivity index (χ4n) is 4.85. The Morgan fingerprint density at radius 2 is 1.70 bits per heavy atom. The lowest BCUT2D eigenvalue weighted by molar-refractivity contribution is -0.757. The molecule has 2 rings (SSSR count). The molecule has 1 fully saturated rings. The maximum absolute atomic E-state index is 11.1. The number of aryl methyl sites for hydroxylation is 1. The highest BCUT2D eigenvalue weighted by Crippen LogP contribution is 2.29. The van der Waals surface area contributed by atoms with Gasteiger partial charge in [0.05, 0.1) is 25.2 Å². The third-order valence-electron chi connectivity index (χ3n) is 7.19. The summed E-state index contributed by atoms with van der Waals surface area (Å²) in [7, 11) is 0. The molecule has 2 atom stereocenters. The summed E-state index contributed by atoms with van der Waals surface area (Å²) >= 11 is 0. The quantitative estimate of drug-likeness (QED) is 0.0452. The number of aliphatic hydroxyl groups is 1. The molecule has 0 radical (unpaired) electrons. The SMILES string of the molecule is C/C=C\CCCC(=O)OC(C)C.O.O=C(O)CCNC(=O)CCCCCO[N+](=O)[O-].OC1CCC(CCCCCc2ccccc2)C1. The van der Waals surface area contributed by atoms with Gasteiger partial charge in [0.15, 0.2) is 0 Å². The number of nitrogens with one attached hydrogen (secondary N) is 1. The standard InChI is InChI=1S/C16H24O.C10H18O2.C9H16N2O6.H2O/c17-16-12-11-15(13-16)10-6-2-5-9-14-7-3-1-4-8-14;1-4-5-6-7-8-10(11)12-9(2)3;12-8(10-6-5-9(13)14)4-2-1-3-7-17-11(15)16;/h1,3-4,7-8,15-17H,2,5-6,9-13H2;4-5,9H,6-8H2,1-3H3;1-7H2,(H,10,12)(H,13,14);1H2/b;5-4-;;. The third kappa shape index (κ3) is 32.2. The number of rotatable bonds is 21. The van der Waals surface area contributed by atoms with Crippen LogP contribution in [0.4, 0.5) is 0 Å². The van der Waals surface area contributed by atoms with Crippen LogP contribution in [0.3, 0.4) is 0 Å². The lowest BCUT2D eigenvalue weighted by Crippen LogP contribution is -2.25. The topological polar surface area (TPSA) is 197 Å². The van der Waals surface area contributed by atoms with Crippen LogP contribution >= 0.6 is 0 Å². The van der Waals surface area contributed by atoms with Crippen LogP contribution in [-0.2, 0) is 30.4 Å². The summed E-state index contributed by atoms with van der Waals surface area (Å²) in [5.74, 6) is -0.445. The van der Waals surface area contributed by atoms with E-state index in [0.717, 1.165) is 31.6 Å². The molecular weight excluding hydrogens is 608 g/mol. The van der Waals surface area contributed by atoms with Crippen LogP contribution in [0.5, 0.6) is 0 Å². The molecule has 1 aromatic carbocycles. The predicted molar refractivity (Wildman–Crippen MR) is 182 cm³/mol. The zero-order chi connectivity index (χ0) is 34.4. The summed E-state index contributed by atoms with van der Waals surface area (Å²) in [4.78, 5) is 46.1. The first-order chi connectivity index (χ1) is 22.0. The number of carboxylic acids is 1. The van der Waals surface area contributed by atoms with Crippen molar-refractivity contribution in [2.75, 3.05) is 13.2 Å². The maximum atomic E-state index is 11.1. The van der Waals surface area contributed by atoms with Crippen molar-refractivity contribution < 1.29 is 44.7 Å². The number of carboxylic acid groups (broad SMARTS) is 1. The van der Waals surface area contributed by atoms with Gasteiger partial charge in [-0.3, -0.25) is 14.4 Å². The van der Waals surface area contributed by atoms with Gasteiger partial charge in [0.2, 0.25) is 5.91 Å². The monoisotopic (exact) mass is 668 g/mol. The first-order valence-corrected chi connectivity index (χ1v) is 16.8. The number of nitrogens with zero attached hydrogens (tertiary/aromatic N) is 1. The molecule has 0 bridgehead atoms. The Kier molecular flexibility index (Phi) is 30.2. The molecule has 270 valence electrons. The summed E-state index contributed by atoms with van der Waals surface area (Å²) in [5, 5.41) is 29.2. The number of allylic oxidation sites excluding steroid dienone is 2. The van der Waals surface area contributed by atoms with Gasteiger partial charge in [-0.1, -0.05) is 68.2 Å². The van der Waals surface area contributed by atoms with E-state index in [2.05, 4.69) is 46.6 Å².